The van der Waals surface area contributed by atoms with E-state index in [4.69, 9.17) is 4.74 Å². The largest absolute Gasteiger partial charge is 0.484 e. The predicted molar refractivity (Wildman–Crippen MR) is 69.7 cm³/mol. The van der Waals surface area contributed by atoms with Crippen molar-refractivity contribution in [1.29, 1.82) is 0 Å². The van der Waals surface area contributed by atoms with Gasteiger partial charge in [-0.15, -0.1) is 0 Å². The van der Waals surface area contributed by atoms with Gasteiger partial charge in [0.25, 0.3) is 5.91 Å². The van der Waals surface area contributed by atoms with Gasteiger partial charge in [0.15, 0.2) is 6.61 Å². The standard InChI is InChI=1S/C12H14BrNO4/c1-17-12(16)10(13)7-14-11(15)8-18-9-5-3-2-4-6-9/h2-6,10H,7-8H2,1H3,(H,14,15). The van der Waals surface area contributed by atoms with Crippen molar-refractivity contribution in [3.05, 3.63) is 30.3 Å². The monoisotopic (exact) mass is 315 g/mol. The Morgan fingerprint density at radius 2 is 2.00 bits per heavy atom. The molecule has 5 nitrogen and oxygen atoms in total. The number of rotatable bonds is 6. The number of esters is 1. The average Bonchev–Trinajstić information content (AvgIpc) is 2.42. The normalized spacial score (nSPS) is 11.4. The minimum atomic E-state index is -0.553. The Kier molecular flexibility index (Phi) is 6.21. The third-order valence-electron chi connectivity index (χ3n) is 2.05. The molecule has 0 saturated carbocycles. The molecule has 0 fully saturated rings. The summed E-state index contributed by atoms with van der Waals surface area (Å²) in [7, 11) is 1.29. The Morgan fingerprint density at radius 1 is 1.33 bits per heavy atom. The maximum Gasteiger partial charge on any atom is 0.321 e. The maximum atomic E-state index is 11.4. The van der Waals surface area contributed by atoms with E-state index in [-0.39, 0.29) is 19.1 Å². The molecule has 1 rings (SSSR count). The molecule has 0 heterocycles. The van der Waals surface area contributed by atoms with E-state index in [9.17, 15) is 9.59 Å². The molecule has 0 aliphatic carbocycles. The Labute approximate surface area is 114 Å². The van der Waals surface area contributed by atoms with E-state index in [0.717, 1.165) is 0 Å². The summed E-state index contributed by atoms with van der Waals surface area (Å²) in [5.41, 5.74) is 0. The minimum Gasteiger partial charge on any atom is -0.484 e. The number of methoxy groups -OCH3 is 1. The van der Waals surface area contributed by atoms with Crippen molar-refractivity contribution in [2.45, 2.75) is 4.83 Å². The van der Waals surface area contributed by atoms with Crippen LogP contribution in [-0.2, 0) is 14.3 Å². The summed E-state index contributed by atoms with van der Waals surface area (Å²) in [6, 6.07) is 9.01. The Bertz CT molecular complexity index is 396. The van der Waals surface area contributed by atoms with Gasteiger partial charge in [-0.1, -0.05) is 34.1 Å². The third-order valence-corrected chi connectivity index (χ3v) is 2.75. The van der Waals surface area contributed by atoms with Crippen LogP contribution in [0.1, 0.15) is 0 Å². The van der Waals surface area contributed by atoms with Gasteiger partial charge in [-0.05, 0) is 12.1 Å². The third kappa shape index (κ3) is 5.18. The molecule has 0 radical (unpaired) electrons. The van der Waals surface area contributed by atoms with Crippen molar-refractivity contribution < 1.29 is 19.1 Å². The molecule has 1 N–H and O–H groups in total. The summed E-state index contributed by atoms with van der Waals surface area (Å²) >= 11 is 3.10. The van der Waals surface area contributed by atoms with Crippen molar-refractivity contribution in [3.8, 4) is 5.75 Å². The summed E-state index contributed by atoms with van der Waals surface area (Å²) in [6.45, 7) is 0.0640. The second-order valence-electron chi connectivity index (χ2n) is 3.40. The number of hydrogen-bond acceptors (Lipinski definition) is 4. The Hall–Kier alpha value is -1.56. The molecule has 0 saturated heterocycles. The molecule has 0 bridgehead atoms. The SMILES string of the molecule is COC(=O)C(Br)CNC(=O)COc1ccccc1. The zero-order valence-electron chi connectivity index (χ0n) is 9.89. The maximum absolute atomic E-state index is 11.4. The molecule has 0 aliphatic heterocycles. The molecule has 0 aliphatic rings. The molecule has 1 atom stereocenters. The number of nitrogens with one attached hydrogen (secondary N) is 1. The lowest BCUT2D eigenvalue weighted by Gasteiger charge is -2.10. The van der Waals surface area contributed by atoms with Crippen LogP contribution in [0.15, 0.2) is 30.3 Å². The highest BCUT2D eigenvalue weighted by atomic mass is 79.9. The van der Waals surface area contributed by atoms with Crippen molar-refractivity contribution in [3.63, 3.8) is 0 Å². The Morgan fingerprint density at radius 3 is 2.61 bits per heavy atom. The molecule has 1 aromatic carbocycles. The number of benzene rings is 1. The van der Waals surface area contributed by atoms with Gasteiger partial charge < -0.3 is 14.8 Å². The predicted octanol–water partition coefficient (Wildman–Crippen LogP) is 1.12. The first-order valence-corrected chi connectivity index (χ1v) is 6.21. The van der Waals surface area contributed by atoms with E-state index in [1.165, 1.54) is 7.11 Å². The van der Waals surface area contributed by atoms with Crippen molar-refractivity contribution in [2.75, 3.05) is 20.3 Å². The molecule has 1 amide bonds. The van der Waals surface area contributed by atoms with Crippen LogP contribution >= 0.6 is 15.9 Å². The van der Waals surface area contributed by atoms with E-state index in [1.54, 1.807) is 12.1 Å². The molecule has 0 aromatic heterocycles. The van der Waals surface area contributed by atoms with E-state index in [0.29, 0.717) is 5.75 Å². The smallest absolute Gasteiger partial charge is 0.321 e. The highest BCUT2D eigenvalue weighted by molar-refractivity contribution is 9.10. The lowest BCUT2D eigenvalue weighted by Crippen LogP contribution is -2.36. The van der Waals surface area contributed by atoms with E-state index in [1.807, 2.05) is 18.2 Å². The minimum absolute atomic E-state index is 0.0924. The molecule has 1 unspecified atom stereocenters. The number of carbonyl (C=O) groups excluding carboxylic acids is 2. The molecule has 0 spiro atoms. The van der Waals surface area contributed by atoms with Gasteiger partial charge in [0.05, 0.1) is 7.11 Å². The fourth-order valence-electron chi connectivity index (χ4n) is 1.13. The highest BCUT2D eigenvalue weighted by Crippen LogP contribution is 2.07. The van der Waals surface area contributed by atoms with Gasteiger partial charge in [0, 0.05) is 6.54 Å². The van der Waals surface area contributed by atoms with Gasteiger partial charge in [-0.3, -0.25) is 9.59 Å². The summed E-state index contributed by atoms with van der Waals surface area (Å²) < 4.78 is 9.75. The lowest BCUT2D eigenvalue weighted by molar-refractivity contribution is -0.139. The average molecular weight is 316 g/mol. The summed E-state index contributed by atoms with van der Waals surface area (Å²) in [5, 5.41) is 2.56. The number of alkyl halides is 1. The molecule has 1 aromatic rings. The van der Waals surface area contributed by atoms with Crippen LogP contribution in [0.4, 0.5) is 0 Å². The van der Waals surface area contributed by atoms with Crippen molar-refractivity contribution in [1.82, 2.24) is 5.32 Å². The first kappa shape index (κ1) is 14.5. The number of amides is 1. The second-order valence-corrected chi connectivity index (χ2v) is 4.50. The quantitative estimate of drug-likeness (QED) is 0.631. The number of para-hydroxylation sites is 1. The first-order chi connectivity index (χ1) is 8.63. The zero-order chi connectivity index (χ0) is 13.4. The van der Waals surface area contributed by atoms with Gasteiger partial charge in [-0.25, -0.2) is 0 Å². The number of halogens is 1. The molecule has 98 valence electrons. The van der Waals surface area contributed by atoms with Crippen LogP contribution in [-0.4, -0.2) is 37.0 Å². The molecular formula is C12H14BrNO4. The fraction of sp³-hybridized carbons (Fsp3) is 0.333. The topological polar surface area (TPSA) is 64.6 Å². The van der Waals surface area contributed by atoms with Crippen LogP contribution in [0, 0.1) is 0 Å². The lowest BCUT2D eigenvalue weighted by atomic mass is 10.3. The van der Waals surface area contributed by atoms with Gasteiger partial charge >= 0.3 is 5.97 Å². The molecule has 6 heteroatoms. The molecular weight excluding hydrogens is 302 g/mol. The number of carbonyl (C=O) groups is 2. The Balaban J connectivity index is 2.24. The number of hydrogen-bond donors (Lipinski definition) is 1. The fourth-order valence-corrected chi connectivity index (χ4v) is 1.48. The summed E-state index contributed by atoms with van der Waals surface area (Å²) in [4.78, 5) is 21.9. The van der Waals surface area contributed by atoms with Gasteiger partial charge in [0.2, 0.25) is 0 Å². The van der Waals surface area contributed by atoms with E-state index in [2.05, 4.69) is 26.0 Å². The first-order valence-electron chi connectivity index (χ1n) is 5.30. The van der Waals surface area contributed by atoms with Crippen LogP contribution in [0.25, 0.3) is 0 Å². The van der Waals surface area contributed by atoms with Crippen LogP contribution in [0.2, 0.25) is 0 Å². The second kappa shape index (κ2) is 7.71. The number of ether oxygens (including phenoxy) is 2. The molecule has 18 heavy (non-hydrogen) atoms. The van der Waals surface area contributed by atoms with Crippen LogP contribution < -0.4 is 10.1 Å². The van der Waals surface area contributed by atoms with Crippen molar-refractivity contribution >= 4 is 27.8 Å². The summed E-state index contributed by atoms with van der Waals surface area (Å²) in [5.74, 6) is -0.109. The van der Waals surface area contributed by atoms with E-state index < -0.39 is 10.8 Å². The van der Waals surface area contributed by atoms with E-state index >= 15 is 0 Å². The van der Waals surface area contributed by atoms with Crippen LogP contribution in [0.3, 0.4) is 0 Å². The van der Waals surface area contributed by atoms with Gasteiger partial charge in [0.1, 0.15) is 10.6 Å². The zero-order valence-corrected chi connectivity index (χ0v) is 11.5. The van der Waals surface area contributed by atoms with Gasteiger partial charge in [-0.2, -0.15) is 0 Å². The van der Waals surface area contributed by atoms with Crippen LogP contribution in [0.5, 0.6) is 5.75 Å². The highest BCUT2D eigenvalue weighted by Gasteiger charge is 2.15. The summed E-state index contributed by atoms with van der Waals surface area (Å²) in [6.07, 6.45) is 0. The van der Waals surface area contributed by atoms with Crippen molar-refractivity contribution in [2.24, 2.45) is 0 Å².